The zero-order chi connectivity index (χ0) is 27.2. The number of nitrogens with one attached hydrogen (secondary N) is 1. The Morgan fingerprint density at radius 2 is 1.92 bits per heavy atom. The molecule has 0 saturated carbocycles. The van der Waals surface area contributed by atoms with Crippen molar-refractivity contribution in [3.63, 3.8) is 0 Å². The van der Waals surface area contributed by atoms with E-state index in [1.165, 1.54) is 19.1 Å². The molecule has 3 aromatic carbocycles. The molecule has 0 fully saturated rings. The highest BCUT2D eigenvalue weighted by Gasteiger charge is 2.24. The van der Waals surface area contributed by atoms with Gasteiger partial charge in [-0.3, -0.25) is 14.9 Å². The van der Waals surface area contributed by atoms with Gasteiger partial charge in [-0.05, 0) is 83.1 Å². The van der Waals surface area contributed by atoms with Crippen molar-refractivity contribution in [2.45, 2.75) is 20.5 Å². The fraction of sp³-hybridized carbons (Fsp3) is 0.148. The number of amides is 1. The summed E-state index contributed by atoms with van der Waals surface area (Å²) in [5.41, 5.74) is 2.61. The number of anilines is 1. The third kappa shape index (κ3) is 6.54. The zero-order valence-corrected chi connectivity index (χ0v) is 22.6. The van der Waals surface area contributed by atoms with E-state index in [0.29, 0.717) is 40.5 Å². The molecule has 1 heterocycles. The number of ether oxygens (including phenoxy) is 3. The van der Waals surface area contributed by atoms with Crippen molar-refractivity contribution in [1.82, 2.24) is 0 Å². The van der Waals surface area contributed by atoms with Crippen molar-refractivity contribution in [3.8, 4) is 11.5 Å². The van der Waals surface area contributed by atoms with Crippen LogP contribution in [0.3, 0.4) is 0 Å². The van der Waals surface area contributed by atoms with E-state index in [-0.39, 0.29) is 29.8 Å². The smallest absolute Gasteiger partial charge is 0.363 e. The van der Waals surface area contributed by atoms with Crippen LogP contribution in [0.5, 0.6) is 11.5 Å². The first-order valence-electron chi connectivity index (χ1n) is 11.5. The summed E-state index contributed by atoms with van der Waals surface area (Å²) in [6.07, 6.45) is 1.59. The number of carbonyl (C=O) groups excluding carboxylic acids is 2. The number of nitro benzene ring substituents is 1. The van der Waals surface area contributed by atoms with Crippen LogP contribution < -0.4 is 14.8 Å². The monoisotopic (exact) mass is 627 g/mol. The molecule has 38 heavy (non-hydrogen) atoms. The van der Waals surface area contributed by atoms with Gasteiger partial charge in [0.1, 0.15) is 6.61 Å². The average Bonchev–Trinajstić information content (AvgIpc) is 3.24. The van der Waals surface area contributed by atoms with E-state index >= 15 is 0 Å². The number of benzene rings is 3. The van der Waals surface area contributed by atoms with Gasteiger partial charge in [-0.25, -0.2) is 9.79 Å². The Morgan fingerprint density at radius 3 is 2.61 bits per heavy atom. The van der Waals surface area contributed by atoms with Crippen LogP contribution in [0.4, 0.5) is 11.4 Å². The predicted molar refractivity (Wildman–Crippen MR) is 149 cm³/mol. The highest BCUT2D eigenvalue weighted by atomic mass is 127. The number of hydrogen-bond acceptors (Lipinski definition) is 8. The molecule has 10 nitrogen and oxygen atoms in total. The van der Waals surface area contributed by atoms with Gasteiger partial charge in [-0.1, -0.05) is 12.1 Å². The topological polar surface area (TPSA) is 129 Å². The van der Waals surface area contributed by atoms with Gasteiger partial charge in [0.2, 0.25) is 11.8 Å². The Hall–Kier alpha value is -4.26. The highest BCUT2D eigenvalue weighted by Crippen LogP contribution is 2.36. The van der Waals surface area contributed by atoms with E-state index in [1.54, 1.807) is 48.5 Å². The lowest BCUT2D eigenvalue weighted by Gasteiger charge is -2.15. The summed E-state index contributed by atoms with van der Waals surface area (Å²) in [5, 5.41) is 13.7. The largest absolute Gasteiger partial charge is 0.490 e. The van der Waals surface area contributed by atoms with Crippen LogP contribution in [0.25, 0.3) is 6.08 Å². The van der Waals surface area contributed by atoms with Crippen molar-refractivity contribution in [1.29, 1.82) is 0 Å². The summed E-state index contributed by atoms with van der Waals surface area (Å²) in [4.78, 5) is 38.7. The molecular formula is C27H22IN3O7. The summed E-state index contributed by atoms with van der Waals surface area (Å²) >= 11 is 2.10. The molecule has 0 aromatic heterocycles. The number of aliphatic imine (C=N–C) groups is 1. The molecule has 0 saturated heterocycles. The van der Waals surface area contributed by atoms with E-state index in [9.17, 15) is 19.7 Å². The van der Waals surface area contributed by atoms with Gasteiger partial charge in [0.15, 0.2) is 17.2 Å². The van der Waals surface area contributed by atoms with Gasteiger partial charge < -0.3 is 19.5 Å². The number of nitrogens with zero attached hydrogens (tertiary/aromatic N) is 2. The Balaban J connectivity index is 1.56. The summed E-state index contributed by atoms with van der Waals surface area (Å²) in [5.74, 6) is 0.325. The van der Waals surface area contributed by atoms with Crippen LogP contribution in [-0.4, -0.2) is 29.3 Å². The van der Waals surface area contributed by atoms with Crippen molar-refractivity contribution in [2.75, 3.05) is 11.9 Å². The summed E-state index contributed by atoms with van der Waals surface area (Å²) in [6, 6.07) is 16.5. The first kappa shape index (κ1) is 26.8. The minimum Gasteiger partial charge on any atom is -0.490 e. The number of nitro groups is 1. The molecule has 194 valence electrons. The third-order valence-electron chi connectivity index (χ3n) is 5.21. The van der Waals surface area contributed by atoms with E-state index in [4.69, 9.17) is 14.2 Å². The second kappa shape index (κ2) is 11.9. The molecule has 0 radical (unpaired) electrons. The number of non-ortho nitro benzene ring substituents is 1. The van der Waals surface area contributed by atoms with Crippen molar-refractivity contribution in [2.24, 2.45) is 4.99 Å². The van der Waals surface area contributed by atoms with Gasteiger partial charge in [0, 0.05) is 30.3 Å². The van der Waals surface area contributed by atoms with Crippen molar-refractivity contribution in [3.05, 3.63) is 96.7 Å². The average molecular weight is 627 g/mol. The second-order valence-electron chi connectivity index (χ2n) is 8.07. The Bertz CT molecular complexity index is 1470. The SMILES string of the molecule is CCOc1cc(/C=C2\N=C(c3ccc(NC(C)=O)cc3)OC2=O)cc(I)c1OCc1cccc([N+](=O)[O-])c1. The van der Waals surface area contributed by atoms with Crippen LogP contribution in [0.15, 0.2) is 71.4 Å². The molecule has 0 bridgehead atoms. The van der Waals surface area contributed by atoms with Crippen molar-refractivity contribution >= 4 is 57.8 Å². The van der Waals surface area contributed by atoms with E-state index in [2.05, 4.69) is 32.9 Å². The number of hydrogen-bond donors (Lipinski definition) is 1. The van der Waals surface area contributed by atoms with Gasteiger partial charge >= 0.3 is 5.97 Å². The van der Waals surface area contributed by atoms with Crippen LogP contribution in [0.1, 0.15) is 30.5 Å². The van der Waals surface area contributed by atoms with Gasteiger partial charge in [-0.2, -0.15) is 0 Å². The van der Waals surface area contributed by atoms with Crippen molar-refractivity contribution < 1.29 is 28.7 Å². The molecule has 0 unspecified atom stereocenters. The van der Waals surface area contributed by atoms with Gasteiger partial charge in [0.05, 0.1) is 15.1 Å². The third-order valence-corrected chi connectivity index (χ3v) is 6.01. The summed E-state index contributed by atoms with van der Waals surface area (Å²) in [6.45, 7) is 3.74. The summed E-state index contributed by atoms with van der Waals surface area (Å²) in [7, 11) is 0. The number of halogens is 1. The van der Waals surface area contributed by atoms with Crippen LogP contribution in [-0.2, 0) is 20.9 Å². The predicted octanol–water partition coefficient (Wildman–Crippen LogP) is 5.48. The molecule has 1 aliphatic heterocycles. The highest BCUT2D eigenvalue weighted by molar-refractivity contribution is 14.1. The molecule has 0 aliphatic carbocycles. The number of rotatable bonds is 9. The normalized spacial score (nSPS) is 13.6. The van der Waals surface area contributed by atoms with E-state index in [1.807, 2.05) is 13.0 Å². The van der Waals surface area contributed by atoms with Crippen LogP contribution in [0.2, 0.25) is 0 Å². The lowest BCUT2D eigenvalue weighted by atomic mass is 10.1. The zero-order valence-electron chi connectivity index (χ0n) is 20.4. The van der Waals surface area contributed by atoms with Crippen LogP contribution in [0, 0.1) is 13.7 Å². The van der Waals surface area contributed by atoms with Gasteiger partial charge in [-0.15, -0.1) is 0 Å². The maximum absolute atomic E-state index is 12.5. The molecule has 4 rings (SSSR count). The lowest BCUT2D eigenvalue weighted by Crippen LogP contribution is -2.07. The Morgan fingerprint density at radius 1 is 1.16 bits per heavy atom. The Kier molecular flexibility index (Phi) is 8.36. The molecule has 1 aliphatic rings. The second-order valence-corrected chi connectivity index (χ2v) is 9.24. The molecule has 1 N–H and O–H groups in total. The molecule has 11 heteroatoms. The fourth-order valence-corrected chi connectivity index (χ4v) is 4.36. The minimum atomic E-state index is -0.593. The number of cyclic esters (lactones) is 1. The van der Waals surface area contributed by atoms with E-state index in [0.717, 1.165) is 3.57 Å². The minimum absolute atomic E-state index is 0.0140. The summed E-state index contributed by atoms with van der Waals surface area (Å²) < 4.78 is 17.8. The quantitative estimate of drug-likeness (QED) is 0.109. The molecule has 0 spiro atoms. The first-order valence-corrected chi connectivity index (χ1v) is 12.5. The van der Waals surface area contributed by atoms with Crippen LogP contribution >= 0.6 is 22.6 Å². The lowest BCUT2D eigenvalue weighted by molar-refractivity contribution is -0.384. The van der Waals surface area contributed by atoms with Gasteiger partial charge in [0.25, 0.3) is 5.69 Å². The molecule has 1 amide bonds. The molecule has 0 atom stereocenters. The number of esters is 1. The standard InChI is InChI=1S/C27H22IN3O7/c1-3-36-24-14-18(12-22(28)25(24)37-15-17-5-4-6-21(11-17)31(34)35)13-23-27(33)38-26(30-23)19-7-9-20(10-8-19)29-16(2)32/h4-14H,3,15H2,1-2H3,(H,29,32)/b23-13-. The number of carbonyl (C=O) groups is 2. The first-order chi connectivity index (χ1) is 18.2. The molecule has 3 aromatic rings. The maximum Gasteiger partial charge on any atom is 0.363 e. The fourth-order valence-electron chi connectivity index (χ4n) is 3.58. The Labute approximate surface area is 231 Å². The molecular weight excluding hydrogens is 605 g/mol. The van der Waals surface area contributed by atoms with E-state index < -0.39 is 10.9 Å². The maximum atomic E-state index is 12.5.